The fourth-order valence-electron chi connectivity index (χ4n) is 3.84. The number of carbonyl (C=O) groups is 1. The van der Waals surface area contributed by atoms with Crippen LogP contribution < -0.4 is 15.0 Å². The summed E-state index contributed by atoms with van der Waals surface area (Å²) in [5.41, 5.74) is 2.51. The summed E-state index contributed by atoms with van der Waals surface area (Å²) in [6, 6.07) is 19.8. The van der Waals surface area contributed by atoms with Crippen molar-refractivity contribution in [3.8, 4) is 5.75 Å². The van der Waals surface area contributed by atoms with E-state index in [1.807, 2.05) is 48.5 Å². The van der Waals surface area contributed by atoms with Crippen LogP contribution in [0.4, 0.5) is 11.4 Å². The monoisotopic (exact) mass is 389 g/mol. The van der Waals surface area contributed by atoms with E-state index in [1.54, 1.807) is 7.11 Å². The van der Waals surface area contributed by atoms with Gasteiger partial charge in [-0.3, -0.25) is 4.79 Å². The highest BCUT2D eigenvalue weighted by atomic mass is 16.5. The van der Waals surface area contributed by atoms with Crippen LogP contribution in [0.1, 0.15) is 17.3 Å². The van der Waals surface area contributed by atoms with E-state index >= 15 is 0 Å². The van der Waals surface area contributed by atoms with E-state index in [4.69, 9.17) is 4.74 Å². The molecule has 0 bridgehead atoms. The number of piperazine rings is 1. The van der Waals surface area contributed by atoms with Crippen molar-refractivity contribution < 1.29 is 9.53 Å². The maximum atomic E-state index is 12.9. The first-order valence-electron chi connectivity index (χ1n) is 10.1. The number of anilines is 2. The number of ether oxygens (including phenoxy) is 1. The molecule has 5 heteroatoms. The van der Waals surface area contributed by atoms with Crippen molar-refractivity contribution in [2.45, 2.75) is 6.92 Å². The number of nitrogens with zero attached hydrogens (tertiary/aromatic N) is 2. The van der Waals surface area contributed by atoms with Gasteiger partial charge in [-0.25, -0.2) is 0 Å². The van der Waals surface area contributed by atoms with Gasteiger partial charge in [0, 0.05) is 37.6 Å². The highest BCUT2D eigenvalue weighted by Gasteiger charge is 2.17. The first kappa shape index (κ1) is 19.3. The highest BCUT2D eigenvalue weighted by Crippen LogP contribution is 2.27. The third-order valence-corrected chi connectivity index (χ3v) is 5.62. The van der Waals surface area contributed by atoms with Crippen molar-refractivity contribution in [2.75, 3.05) is 50.1 Å². The van der Waals surface area contributed by atoms with Gasteiger partial charge in [0.25, 0.3) is 5.91 Å². The highest BCUT2D eigenvalue weighted by molar-refractivity contribution is 6.08. The number of amides is 1. The molecule has 1 heterocycles. The summed E-state index contributed by atoms with van der Waals surface area (Å²) in [6.07, 6.45) is 0. The maximum Gasteiger partial charge on any atom is 0.259 e. The molecule has 3 aromatic carbocycles. The largest absolute Gasteiger partial charge is 0.496 e. The summed E-state index contributed by atoms with van der Waals surface area (Å²) in [6.45, 7) is 7.57. The van der Waals surface area contributed by atoms with Crippen molar-refractivity contribution in [1.82, 2.24) is 4.90 Å². The van der Waals surface area contributed by atoms with Gasteiger partial charge in [-0.05, 0) is 53.7 Å². The fraction of sp³-hybridized carbons (Fsp3) is 0.292. The lowest BCUT2D eigenvalue weighted by molar-refractivity contribution is 0.102. The number of methoxy groups -OCH3 is 1. The summed E-state index contributed by atoms with van der Waals surface area (Å²) in [5.74, 6) is 0.406. The van der Waals surface area contributed by atoms with Crippen LogP contribution in [0.25, 0.3) is 10.8 Å². The summed E-state index contributed by atoms with van der Waals surface area (Å²) < 4.78 is 5.46. The molecule has 3 aromatic rings. The number of carbonyl (C=O) groups excluding carboxylic acids is 1. The minimum absolute atomic E-state index is 0.170. The van der Waals surface area contributed by atoms with Gasteiger partial charge in [-0.1, -0.05) is 31.2 Å². The summed E-state index contributed by atoms with van der Waals surface area (Å²) >= 11 is 0. The Balaban J connectivity index is 1.48. The van der Waals surface area contributed by atoms with Gasteiger partial charge in [-0.15, -0.1) is 0 Å². The second-order valence-electron chi connectivity index (χ2n) is 7.32. The molecule has 0 unspecified atom stereocenters. The minimum Gasteiger partial charge on any atom is -0.496 e. The number of benzene rings is 3. The Bertz CT molecular complexity index is 993. The van der Waals surface area contributed by atoms with Gasteiger partial charge < -0.3 is 19.9 Å². The van der Waals surface area contributed by atoms with Gasteiger partial charge >= 0.3 is 0 Å². The fourth-order valence-corrected chi connectivity index (χ4v) is 3.84. The molecular formula is C24H27N3O2. The van der Waals surface area contributed by atoms with Crippen LogP contribution in [0.5, 0.6) is 5.75 Å². The van der Waals surface area contributed by atoms with Gasteiger partial charge in [0.1, 0.15) is 5.75 Å². The van der Waals surface area contributed by atoms with E-state index in [-0.39, 0.29) is 5.91 Å². The third kappa shape index (κ3) is 4.20. The molecule has 29 heavy (non-hydrogen) atoms. The molecule has 0 aliphatic carbocycles. The molecule has 1 amide bonds. The second-order valence-corrected chi connectivity index (χ2v) is 7.32. The molecule has 0 atom stereocenters. The molecule has 1 aliphatic rings. The van der Waals surface area contributed by atoms with E-state index in [0.29, 0.717) is 11.3 Å². The van der Waals surface area contributed by atoms with E-state index in [9.17, 15) is 4.79 Å². The lowest BCUT2D eigenvalue weighted by atomic mass is 10.1. The molecular weight excluding hydrogens is 362 g/mol. The smallest absolute Gasteiger partial charge is 0.259 e. The van der Waals surface area contributed by atoms with Crippen molar-refractivity contribution >= 4 is 28.1 Å². The first-order valence-corrected chi connectivity index (χ1v) is 10.1. The standard InChI is InChI=1S/C24H27N3O2/c1-3-26-12-14-27(15-13-26)21-10-8-20(9-11-21)25-24(28)22-16-18-6-4-5-7-19(18)17-23(22)29-2/h4-11,16-17H,3,12-15H2,1-2H3,(H,25,28). The number of likely N-dealkylation sites (N-methyl/N-ethyl adjacent to an activating group) is 1. The lowest BCUT2D eigenvalue weighted by Crippen LogP contribution is -2.46. The van der Waals surface area contributed by atoms with Gasteiger partial charge in [-0.2, -0.15) is 0 Å². The molecule has 0 spiro atoms. The summed E-state index contributed by atoms with van der Waals surface area (Å²) in [7, 11) is 1.59. The number of rotatable bonds is 5. The SMILES string of the molecule is CCN1CCN(c2ccc(NC(=O)c3cc4ccccc4cc3OC)cc2)CC1. The zero-order valence-electron chi connectivity index (χ0n) is 17.0. The molecule has 1 N–H and O–H groups in total. The zero-order valence-corrected chi connectivity index (χ0v) is 17.0. The first-order chi connectivity index (χ1) is 14.2. The summed E-state index contributed by atoms with van der Waals surface area (Å²) in [5, 5.41) is 5.06. The van der Waals surface area contributed by atoms with Crippen LogP contribution >= 0.6 is 0 Å². The van der Waals surface area contributed by atoms with Crippen LogP contribution in [-0.4, -0.2) is 50.6 Å². The van der Waals surface area contributed by atoms with Crippen molar-refractivity contribution in [2.24, 2.45) is 0 Å². The minimum atomic E-state index is -0.170. The second kappa shape index (κ2) is 8.53. The van der Waals surface area contributed by atoms with E-state index in [0.717, 1.165) is 49.2 Å². The molecule has 1 saturated heterocycles. The van der Waals surface area contributed by atoms with E-state index in [2.05, 4.69) is 34.2 Å². The summed E-state index contributed by atoms with van der Waals surface area (Å²) in [4.78, 5) is 17.7. The Morgan fingerprint density at radius 3 is 2.24 bits per heavy atom. The number of hydrogen-bond donors (Lipinski definition) is 1. The van der Waals surface area contributed by atoms with Crippen molar-refractivity contribution in [3.63, 3.8) is 0 Å². The average Bonchev–Trinajstić information content (AvgIpc) is 2.78. The van der Waals surface area contributed by atoms with Crippen LogP contribution in [-0.2, 0) is 0 Å². The Morgan fingerprint density at radius 2 is 1.62 bits per heavy atom. The van der Waals surface area contributed by atoms with E-state index < -0.39 is 0 Å². The van der Waals surface area contributed by atoms with E-state index in [1.165, 1.54) is 5.69 Å². The average molecular weight is 389 g/mol. The Morgan fingerprint density at radius 1 is 0.966 bits per heavy atom. The van der Waals surface area contributed by atoms with Gasteiger partial charge in [0.2, 0.25) is 0 Å². The van der Waals surface area contributed by atoms with Gasteiger partial charge in [0.05, 0.1) is 12.7 Å². The number of fused-ring (bicyclic) bond motifs is 1. The molecule has 1 fully saturated rings. The quantitative estimate of drug-likeness (QED) is 0.709. The number of hydrogen-bond acceptors (Lipinski definition) is 4. The van der Waals surface area contributed by atoms with Crippen LogP contribution in [0.2, 0.25) is 0 Å². The maximum absolute atomic E-state index is 12.9. The lowest BCUT2D eigenvalue weighted by Gasteiger charge is -2.35. The van der Waals surface area contributed by atoms with Crippen LogP contribution in [0.3, 0.4) is 0 Å². The third-order valence-electron chi connectivity index (χ3n) is 5.62. The molecule has 1 aliphatic heterocycles. The van der Waals surface area contributed by atoms with Gasteiger partial charge in [0.15, 0.2) is 0 Å². The molecule has 5 nitrogen and oxygen atoms in total. The molecule has 150 valence electrons. The zero-order chi connectivity index (χ0) is 20.2. The molecule has 0 aromatic heterocycles. The molecule has 0 radical (unpaired) electrons. The topological polar surface area (TPSA) is 44.8 Å². The molecule has 4 rings (SSSR count). The van der Waals surface area contributed by atoms with Crippen LogP contribution in [0, 0.1) is 0 Å². The normalized spacial score (nSPS) is 14.8. The Labute approximate surface area is 171 Å². The predicted octanol–water partition coefficient (Wildman–Crippen LogP) is 4.24. The Hall–Kier alpha value is -3.05. The Kier molecular flexibility index (Phi) is 5.67. The van der Waals surface area contributed by atoms with Crippen LogP contribution in [0.15, 0.2) is 60.7 Å². The number of nitrogens with one attached hydrogen (secondary N) is 1. The van der Waals surface area contributed by atoms with Crippen molar-refractivity contribution in [3.05, 3.63) is 66.2 Å². The molecule has 0 saturated carbocycles. The van der Waals surface area contributed by atoms with Crippen molar-refractivity contribution in [1.29, 1.82) is 0 Å². The predicted molar refractivity (Wildman–Crippen MR) is 119 cm³/mol.